The first-order valence-corrected chi connectivity index (χ1v) is 10.2. The van der Waals surface area contributed by atoms with Crippen LogP contribution in [0.5, 0.6) is 0 Å². The molecule has 12 nitrogen and oxygen atoms in total. The summed E-state index contributed by atoms with van der Waals surface area (Å²) in [5, 5.41) is 39.4. The standard InChI is InChI=1S/C24H14N4O8.Ni/c29-21(30)14-7-13-6-11-2-1-9(25-11)5-10-3-4-12(26-10)8-15-16(22(31)32)17(23(33)34)20(28-15)18(24(35)36)19(14)27-13;/h1-8,25,27H,(H,29,30)(H,31,32)(H,33,34)(H,35,36);. The second-order valence-electron chi connectivity index (χ2n) is 7.80. The monoisotopic (exact) mass is 544 g/mol. The minimum atomic E-state index is -1.75. The largest absolute Gasteiger partial charge is 0.478 e. The Bertz CT molecular complexity index is 1760. The van der Waals surface area contributed by atoms with Gasteiger partial charge in [0.05, 0.1) is 33.9 Å². The summed E-state index contributed by atoms with van der Waals surface area (Å²) in [7, 11) is 0. The molecule has 0 saturated heterocycles. The van der Waals surface area contributed by atoms with Gasteiger partial charge in [0.15, 0.2) is 0 Å². The molecule has 0 aliphatic carbocycles. The van der Waals surface area contributed by atoms with Crippen LogP contribution in [0.25, 0.3) is 45.4 Å². The minimum absolute atomic E-state index is 0. The molecule has 3 aromatic rings. The van der Waals surface area contributed by atoms with Crippen molar-refractivity contribution in [3.05, 3.63) is 70.3 Å². The molecular weight excluding hydrogens is 531 g/mol. The molecule has 0 fully saturated rings. The van der Waals surface area contributed by atoms with Gasteiger partial charge >= 0.3 is 23.9 Å². The third-order valence-corrected chi connectivity index (χ3v) is 5.49. The Kier molecular flexibility index (Phi) is 6.24. The maximum Gasteiger partial charge on any atom is 0.340 e. The van der Waals surface area contributed by atoms with E-state index in [9.17, 15) is 39.6 Å². The Morgan fingerprint density at radius 3 is 1.86 bits per heavy atom. The SMILES string of the molecule is O=C(O)C1=C(C(=O)O)c2nc1cc1nc(cc3ccc(cc4cc(C(=O)O)c([nH]4)c2C(=O)O)[nH]3)C=C1.[Ni]. The third kappa shape index (κ3) is 4.39. The molecule has 0 aromatic carbocycles. The van der Waals surface area contributed by atoms with Crippen LogP contribution in [-0.2, 0) is 26.1 Å². The van der Waals surface area contributed by atoms with Gasteiger partial charge in [-0.1, -0.05) is 0 Å². The number of carbonyl (C=O) groups is 4. The molecular formula is C24H14N4NiO8. The van der Waals surface area contributed by atoms with Gasteiger partial charge in [0, 0.05) is 33.0 Å². The number of fused-ring (bicyclic) bond motifs is 8. The summed E-state index contributed by atoms with van der Waals surface area (Å²) in [5.41, 5.74) is -2.23. The number of aromatic nitrogens is 4. The molecule has 6 N–H and O–H groups in total. The smallest absolute Gasteiger partial charge is 0.340 e. The Hall–Kier alpha value is -5.03. The summed E-state index contributed by atoms with van der Waals surface area (Å²) < 4.78 is 0. The van der Waals surface area contributed by atoms with Crippen molar-refractivity contribution in [3.8, 4) is 0 Å². The first-order valence-electron chi connectivity index (χ1n) is 10.2. The summed E-state index contributed by atoms with van der Waals surface area (Å²) >= 11 is 0. The van der Waals surface area contributed by atoms with E-state index < -0.39 is 57.4 Å². The van der Waals surface area contributed by atoms with Crippen LogP contribution < -0.4 is 0 Å². The van der Waals surface area contributed by atoms with E-state index >= 15 is 0 Å². The average molecular weight is 545 g/mol. The summed E-state index contributed by atoms with van der Waals surface area (Å²) in [6.45, 7) is 0. The van der Waals surface area contributed by atoms with Crippen molar-refractivity contribution in [2.75, 3.05) is 0 Å². The minimum Gasteiger partial charge on any atom is -0.478 e. The van der Waals surface area contributed by atoms with Crippen molar-refractivity contribution in [2.24, 2.45) is 0 Å². The number of H-pyrrole nitrogens is 2. The van der Waals surface area contributed by atoms with Gasteiger partial charge in [-0.25, -0.2) is 29.1 Å². The van der Waals surface area contributed by atoms with Crippen LogP contribution in [-0.4, -0.2) is 64.2 Å². The van der Waals surface area contributed by atoms with Crippen LogP contribution in [0, 0.1) is 0 Å². The van der Waals surface area contributed by atoms with Crippen molar-refractivity contribution in [1.82, 2.24) is 19.9 Å². The van der Waals surface area contributed by atoms with Crippen molar-refractivity contribution >= 4 is 69.2 Å². The molecule has 0 spiro atoms. The predicted molar refractivity (Wildman–Crippen MR) is 126 cm³/mol. The van der Waals surface area contributed by atoms with E-state index in [-0.39, 0.29) is 33.4 Å². The quantitative estimate of drug-likeness (QED) is 0.207. The molecule has 2 aliphatic heterocycles. The Labute approximate surface area is 215 Å². The Balaban J connectivity index is 0.00000320. The van der Waals surface area contributed by atoms with Crippen molar-refractivity contribution in [1.29, 1.82) is 0 Å². The molecule has 5 rings (SSSR count). The molecule has 13 heteroatoms. The zero-order valence-corrected chi connectivity index (χ0v) is 19.2. The van der Waals surface area contributed by atoms with Crippen molar-refractivity contribution in [2.45, 2.75) is 0 Å². The molecule has 37 heavy (non-hydrogen) atoms. The molecule has 0 amide bonds. The van der Waals surface area contributed by atoms with Gasteiger partial charge in [0.1, 0.15) is 16.7 Å². The summed E-state index contributed by atoms with van der Waals surface area (Å²) in [6.07, 6.45) is 3.21. The molecule has 0 radical (unpaired) electrons. The maximum absolute atomic E-state index is 12.4. The second kappa shape index (κ2) is 9.21. The Morgan fingerprint density at radius 2 is 1.27 bits per heavy atom. The molecule has 0 saturated carbocycles. The van der Waals surface area contributed by atoms with E-state index in [0.717, 1.165) is 0 Å². The summed E-state index contributed by atoms with van der Waals surface area (Å²) in [5.74, 6) is -6.60. The van der Waals surface area contributed by atoms with Crippen LogP contribution in [0.1, 0.15) is 43.5 Å². The van der Waals surface area contributed by atoms with Crippen LogP contribution in [0.15, 0.2) is 36.4 Å². The molecule has 188 valence electrons. The second-order valence-corrected chi connectivity index (χ2v) is 7.80. The van der Waals surface area contributed by atoms with E-state index in [1.54, 1.807) is 30.4 Å². The van der Waals surface area contributed by atoms with Crippen LogP contribution >= 0.6 is 0 Å². The van der Waals surface area contributed by atoms with Gasteiger partial charge in [-0.05, 0) is 48.6 Å². The van der Waals surface area contributed by atoms with E-state index in [0.29, 0.717) is 16.7 Å². The number of aliphatic carboxylic acids is 2. The number of hydrogen-bond donors (Lipinski definition) is 6. The molecule has 2 aliphatic rings. The molecule has 0 atom stereocenters. The number of hydrogen-bond acceptors (Lipinski definition) is 6. The first-order chi connectivity index (χ1) is 17.1. The molecule has 8 bridgehead atoms. The zero-order valence-electron chi connectivity index (χ0n) is 18.3. The number of aromatic carboxylic acids is 2. The zero-order chi connectivity index (χ0) is 25.7. The van der Waals surface area contributed by atoms with Gasteiger partial charge in [-0.15, -0.1) is 0 Å². The Morgan fingerprint density at radius 1 is 0.649 bits per heavy atom. The summed E-state index contributed by atoms with van der Waals surface area (Å²) in [4.78, 5) is 62.8. The summed E-state index contributed by atoms with van der Waals surface area (Å²) in [6, 6.07) is 9.11. The van der Waals surface area contributed by atoms with E-state index in [1.165, 1.54) is 18.2 Å². The number of nitrogens with zero attached hydrogens (tertiary/aromatic N) is 2. The molecule has 0 unspecified atom stereocenters. The van der Waals surface area contributed by atoms with Crippen molar-refractivity contribution < 1.29 is 56.1 Å². The normalized spacial score (nSPS) is 12.2. The van der Waals surface area contributed by atoms with Gasteiger partial charge < -0.3 is 30.4 Å². The van der Waals surface area contributed by atoms with Gasteiger partial charge in [-0.3, -0.25) is 0 Å². The fraction of sp³-hybridized carbons (Fsp3) is 0. The maximum atomic E-state index is 12.4. The van der Waals surface area contributed by atoms with Gasteiger partial charge in [0.25, 0.3) is 0 Å². The van der Waals surface area contributed by atoms with E-state index in [2.05, 4.69) is 19.9 Å². The van der Waals surface area contributed by atoms with E-state index in [4.69, 9.17) is 0 Å². The van der Waals surface area contributed by atoms with Crippen LogP contribution in [0.2, 0.25) is 0 Å². The van der Waals surface area contributed by atoms with Crippen LogP contribution in [0.3, 0.4) is 0 Å². The average Bonchev–Trinajstić information content (AvgIpc) is 3.56. The molecule has 3 aromatic heterocycles. The van der Waals surface area contributed by atoms with Crippen molar-refractivity contribution in [3.63, 3.8) is 0 Å². The number of aromatic amines is 2. The van der Waals surface area contributed by atoms with E-state index in [1.807, 2.05) is 0 Å². The topological polar surface area (TPSA) is 207 Å². The first kappa shape index (κ1) is 25.1. The van der Waals surface area contributed by atoms with Crippen LogP contribution in [0.4, 0.5) is 0 Å². The number of rotatable bonds is 4. The van der Waals surface area contributed by atoms with Gasteiger partial charge in [-0.2, -0.15) is 0 Å². The number of nitrogens with one attached hydrogen (secondary N) is 2. The van der Waals surface area contributed by atoms with Gasteiger partial charge in [0.2, 0.25) is 0 Å². The fourth-order valence-electron chi connectivity index (χ4n) is 4.05. The third-order valence-electron chi connectivity index (χ3n) is 5.49. The predicted octanol–water partition coefficient (Wildman–Crippen LogP) is 2.96. The molecule has 5 heterocycles. The number of carboxylic acids is 4. The fourth-order valence-corrected chi connectivity index (χ4v) is 4.05. The number of carboxylic acid groups (broad SMARTS) is 4.